The molecule has 0 aliphatic rings. The summed E-state index contributed by atoms with van der Waals surface area (Å²) in [7, 11) is 0. The molecule has 0 saturated carbocycles. The lowest BCUT2D eigenvalue weighted by molar-refractivity contribution is 0.534. The van der Waals surface area contributed by atoms with E-state index in [-0.39, 0.29) is 6.04 Å². The van der Waals surface area contributed by atoms with Crippen LogP contribution in [0.15, 0.2) is 23.6 Å². The predicted molar refractivity (Wildman–Crippen MR) is 83.4 cm³/mol. The summed E-state index contributed by atoms with van der Waals surface area (Å²) in [6.45, 7) is 3.15. The SMILES string of the molecule is CCCNC(Cc1cccs1)c1cc(Cl)sc1Cl. The summed E-state index contributed by atoms with van der Waals surface area (Å²) in [6, 6.07) is 6.47. The Morgan fingerprint density at radius 1 is 1.39 bits per heavy atom. The van der Waals surface area contributed by atoms with Crippen LogP contribution in [0.2, 0.25) is 8.67 Å². The van der Waals surface area contributed by atoms with Crippen LogP contribution in [0.1, 0.15) is 29.8 Å². The van der Waals surface area contributed by atoms with Gasteiger partial charge < -0.3 is 5.32 Å². The molecule has 0 saturated heterocycles. The molecule has 0 fully saturated rings. The lowest BCUT2D eigenvalue weighted by Gasteiger charge is -2.17. The number of hydrogen-bond donors (Lipinski definition) is 1. The Morgan fingerprint density at radius 3 is 2.78 bits per heavy atom. The number of hydrogen-bond acceptors (Lipinski definition) is 3. The van der Waals surface area contributed by atoms with Gasteiger partial charge in [0.05, 0.1) is 8.67 Å². The van der Waals surface area contributed by atoms with Crippen LogP contribution in [0.25, 0.3) is 0 Å². The van der Waals surface area contributed by atoms with Gasteiger partial charge in [-0.1, -0.05) is 36.2 Å². The Balaban J connectivity index is 2.16. The first-order valence-corrected chi connectivity index (χ1v) is 8.36. The van der Waals surface area contributed by atoms with Gasteiger partial charge in [-0.05, 0) is 30.5 Å². The fraction of sp³-hybridized carbons (Fsp3) is 0.385. The van der Waals surface area contributed by atoms with Crippen LogP contribution in [0.4, 0.5) is 0 Å². The van der Waals surface area contributed by atoms with Gasteiger partial charge in [-0.25, -0.2) is 0 Å². The molecule has 0 aliphatic heterocycles. The lowest BCUT2D eigenvalue weighted by atomic mass is 10.1. The molecule has 2 aromatic rings. The maximum Gasteiger partial charge on any atom is 0.0992 e. The zero-order valence-corrected chi connectivity index (χ0v) is 13.2. The highest BCUT2D eigenvalue weighted by molar-refractivity contribution is 7.20. The van der Waals surface area contributed by atoms with Crippen LogP contribution in [0.5, 0.6) is 0 Å². The minimum atomic E-state index is 0.250. The summed E-state index contributed by atoms with van der Waals surface area (Å²) < 4.78 is 1.55. The van der Waals surface area contributed by atoms with Gasteiger partial charge >= 0.3 is 0 Å². The van der Waals surface area contributed by atoms with Gasteiger partial charge in [0.1, 0.15) is 0 Å². The Labute approximate surface area is 126 Å². The molecule has 1 nitrogen and oxygen atoms in total. The molecule has 2 rings (SSSR count). The van der Waals surface area contributed by atoms with Crippen molar-refractivity contribution in [1.29, 1.82) is 0 Å². The second kappa shape index (κ2) is 6.92. The van der Waals surface area contributed by atoms with Crippen LogP contribution in [-0.4, -0.2) is 6.54 Å². The average Bonchev–Trinajstić information content (AvgIpc) is 2.94. The van der Waals surface area contributed by atoms with Crippen LogP contribution in [0.3, 0.4) is 0 Å². The minimum Gasteiger partial charge on any atom is -0.310 e. The molecule has 0 radical (unpaired) electrons. The highest BCUT2D eigenvalue weighted by Gasteiger charge is 2.17. The third-order valence-electron chi connectivity index (χ3n) is 2.68. The summed E-state index contributed by atoms with van der Waals surface area (Å²) in [5.41, 5.74) is 1.12. The highest BCUT2D eigenvalue weighted by Crippen LogP contribution is 2.36. The van der Waals surface area contributed by atoms with E-state index in [9.17, 15) is 0 Å². The molecule has 1 atom stereocenters. The van der Waals surface area contributed by atoms with Gasteiger partial charge in [-0.3, -0.25) is 0 Å². The molecule has 0 bridgehead atoms. The third kappa shape index (κ3) is 3.72. The fourth-order valence-corrected chi connectivity index (χ4v) is 4.16. The summed E-state index contributed by atoms with van der Waals surface area (Å²) in [5.74, 6) is 0. The molecule has 2 aromatic heterocycles. The van der Waals surface area contributed by atoms with Crippen LogP contribution in [0, 0.1) is 0 Å². The van der Waals surface area contributed by atoms with Crippen LogP contribution >= 0.6 is 45.9 Å². The second-order valence-corrected chi connectivity index (χ2v) is 7.39. The van der Waals surface area contributed by atoms with Crippen molar-refractivity contribution < 1.29 is 0 Å². The van der Waals surface area contributed by atoms with Crippen molar-refractivity contribution >= 4 is 45.9 Å². The van der Waals surface area contributed by atoms with Crippen molar-refractivity contribution in [2.24, 2.45) is 0 Å². The van der Waals surface area contributed by atoms with Crippen molar-refractivity contribution in [2.45, 2.75) is 25.8 Å². The predicted octanol–water partition coefficient (Wildman–Crippen LogP) is 5.40. The quantitative estimate of drug-likeness (QED) is 0.751. The Morgan fingerprint density at radius 2 is 2.22 bits per heavy atom. The minimum absolute atomic E-state index is 0.250. The first kappa shape index (κ1) is 14.4. The van der Waals surface area contributed by atoms with Crippen molar-refractivity contribution in [3.8, 4) is 0 Å². The van der Waals surface area contributed by atoms with Crippen LogP contribution in [-0.2, 0) is 6.42 Å². The van der Waals surface area contributed by atoms with Crippen molar-refractivity contribution in [2.75, 3.05) is 6.54 Å². The summed E-state index contributed by atoms with van der Waals surface area (Å²) in [4.78, 5) is 1.36. The van der Waals surface area contributed by atoms with E-state index in [0.29, 0.717) is 0 Å². The van der Waals surface area contributed by atoms with E-state index in [1.165, 1.54) is 16.2 Å². The monoisotopic (exact) mass is 319 g/mol. The second-order valence-electron chi connectivity index (χ2n) is 4.07. The van der Waals surface area contributed by atoms with E-state index in [1.54, 1.807) is 11.3 Å². The van der Waals surface area contributed by atoms with Gasteiger partial charge in [0, 0.05) is 22.9 Å². The topological polar surface area (TPSA) is 12.0 Å². The molecular weight excluding hydrogens is 305 g/mol. The molecule has 5 heteroatoms. The number of rotatable bonds is 6. The first-order valence-electron chi connectivity index (χ1n) is 5.91. The fourth-order valence-electron chi connectivity index (χ4n) is 1.83. The molecule has 0 amide bonds. The van der Waals surface area contributed by atoms with Gasteiger partial charge in [0.25, 0.3) is 0 Å². The summed E-state index contributed by atoms with van der Waals surface area (Å²) >= 11 is 15.5. The maximum atomic E-state index is 6.26. The molecule has 2 heterocycles. The Hall–Kier alpha value is -0.0600. The van der Waals surface area contributed by atoms with Gasteiger partial charge in [-0.15, -0.1) is 22.7 Å². The van der Waals surface area contributed by atoms with Gasteiger partial charge in [-0.2, -0.15) is 0 Å². The van der Waals surface area contributed by atoms with E-state index in [4.69, 9.17) is 23.2 Å². The van der Waals surface area contributed by atoms with Crippen LogP contribution < -0.4 is 5.32 Å². The molecule has 1 N–H and O–H groups in total. The molecule has 0 spiro atoms. The lowest BCUT2D eigenvalue weighted by Crippen LogP contribution is -2.23. The van der Waals surface area contributed by atoms with Crippen molar-refractivity contribution in [3.05, 3.63) is 42.7 Å². The highest BCUT2D eigenvalue weighted by atomic mass is 35.5. The number of halogens is 2. The van der Waals surface area contributed by atoms with E-state index < -0.39 is 0 Å². The smallest absolute Gasteiger partial charge is 0.0992 e. The van der Waals surface area contributed by atoms with E-state index in [1.807, 2.05) is 6.07 Å². The molecule has 18 heavy (non-hydrogen) atoms. The third-order valence-corrected chi connectivity index (χ3v) is 5.10. The Kier molecular flexibility index (Phi) is 5.52. The number of nitrogens with one attached hydrogen (secondary N) is 1. The zero-order chi connectivity index (χ0) is 13.0. The van der Waals surface area contributed by atoms with Gasteiger partial charge in [0.2, 0.25) is 0 Å². The number of thiophene rings is 2. The van der Waals surface area contributed by atoms with E-state index in [0.717, 1.165) is 33.6 Å². The van der Waals surface area contributed by atoms with E-state index >= 15 is 0 Å². The molecule has 1 unspecified atom stereocenters. The standard InChI is InChI=1S/C13H15Cl2NS2/c1-2-5-16-11(7-9-4-3-6-17-9)10-8-12(14)18-13(10)15/h3-4,6,8,11,16H,2,5,7H2,1H3. The maximum absolute atomic E-state index is 6.26. The summed E-state index contributed by atoms with van der Waals surface area (Å²) in [5, 5.41) is 5.65. The molecule has 98 valence electrons. The zero-order valence-electron chi connectivity index (χ0n) is 10.1. The summed E-state index contributed by atoms with van der Waals surface area (Å²) in [6.07, 6.45) is 2.07. The first-order chi connectivity index (χ1) is 8.70. The average molecular weight is 320 g/mol. The largest absolute Gasteiger partial charge is 0.310 e. The normalized spacial score (nSPS) is 12.8. The van der Waals surface area contributed by atoms with Crippen molar-refractivity contribution in [3.63, 3.8) is 0 Å². The van der Waals surface area contributed by atoms with E-state index in [2.05, 4.69) is 29.8 Å². The Bertz CT molecular complexity index is 479. The van der Waals surface area contributed by atoms with Crippen molar-refractivity contribution in [1.82, 2.24) is 5.32 Å². The molecule has 0 aliphatic carbocycles. The molecular formula is C13H15Cl2NS2. The molecule has 0 aromatic carbocycles. The van der Waals surface area contributed by atoms with Gasteiger partial charge in [0.15, 0.2) is 0 Å².